The third kappa shape index (κ3) is 1.47. The number of hydrogen-bond acceptors (Lipinski definition) is 3. The molecule has 0 aliphatic rings. The zero-order valence-electron chi connectivity index (χ0n) is 7.07. The molecule has 2 rings (SSSR count). The number of aryl methyl sites for hydroxylation is 1. The summed E-state index contributed by atoms with van der Waals surface area (Å²) in [6.45, 7) is 1.76. The molecule has 66 valence electrons. The first kappa shape index (κ1) is 8.38. The Bertz CT molecular complexity index is 509. The molecular weight excluding hydrogens is 184 g/mol. The largest absolute Gasteiger partial charge is 0.461 e. The molecule has 0 saturated heterocycles. The monoisotopic (exact) mass is 192 g/mol. The van der Waals surface area contributed by atoms with Crippen LogP contribution in [0.25, 0.3) is 11.0 Å². The van der Waals surface area contributed by atoms with Gasteiger partial charge in [0.15, 0.2) is 5.43 Å². The van der Waals surface area contributed by atoms with E-state index in [-0.39, 0.29) is 5.43 Å². The molecule has 0 unspecified atom stereocenters. The summed E-state index contributed by atoms with van der Waals surface area (Å²) in [7, 11) is 0. The van der Waals surface area contributed by atoms with Crippen LogP contribution >= 0.6 is 12.6 Å². The predicted molar refractivity (Wildman–Crippen MR) is 54.5 cm³/mol. The molecule has 0 spiro atoms. The van der Waals surface area contributed by atoms with E-state index in [0.29, 0.717) is 16.7 Å². The molecule has 0 bridgehead atoms. The molecule has 0 fully saturated rings. The van der Waals surface area contributed by atoms with Crippen LogP contribution in [0.15, 0.2) is 38.4 Å². The fourth-order valence-corrected chi connectivity index (χ4v) is 1.46. The number of benzene rings is 1. The van der Waals surface area contributed by atoms with Crippen LogP contribution < -0.4 is 5.43 Å². The molecule has 0 N–H and O–H groups in total. The third-order valence-corrected chi connectivity index (χ3v) is 2.11. The van der Waals surface area contributed by atoms with Gasteiger partial charge in [0.2, 0.25) is 0 Å². The van der Waals surface area contributed by atoms with Gasteiger partial charge in [0, 0.05) is 11.0 Å². The Morgan fingerprint density at radius 1 is 1.31 bits per heavy atom. The number of fused-ring (bicyclic) bond motifs is 1. The molecule has 1 heterocycles. The SMILES string of the molecule is Cc1cc(=O)c2ccc(S)cc2o1. The average molecular weight is 192 g/mol. The summed E-state index contributed by atoms with van der Waals surface area (Å²) in [5.74, 6) is 0.622. The summed E-state index contributed by atoms with van der Waals surface area (Å²) in [4.78, 5) is 12.2. The topological polar surface area (TPSA) is 30.2 Å². The van der Waals surface area contributed by atoms with Crippen molar-refractivity contribution in [2.45, 2.75) is 11.8 Å². The summed E-state index contributed by atoms with van der Waals surface area (Å²) < 4.78 is 5.37. The van der Waals surface area contributed by atoms with Crippen molar-refractivity contribution in [3.8, 4) is 0 Å². The van der Waals surface area contributed by atoms with Gasteiger partial charge in [-0.3, -0.25) is 4.79 Å². The highest BCUT2D eigenvalue weighted by atomic mass is 32.1. The number of thiol groups is 1. The van der Waals surface area contributed by atoms with Gasteiger partial charge in [-0.1, -0.05) is 0 Å². The standard InChI is InChI=1S/C10H8O2S/c1-6-4-9(11)8-3-2-7(13)5-10(8)12-6/h2-5,13H,1H3. The quantitative estimate of drug-likeness (QED) is 0.649. The molecule has 0 atom stereocenters. The van der Waals surface area contributed by atoms with Crippen molar-refractivity contribution in [1.29, 1.82) is 0 Å². The van der Waals surface area contributed by atoms with Gasteiger partial charge in [0.1, 0.15) is 11.3 Å². The van der Waals surface area contributed by atoms with Gasteiger partial charge < -0.3 is 4.42 Å². The van der Waals surface area contributed by atoms with Gasteiger partial charge in [-0.25, -0.2) is 0 Å². The van der Waals surface area contributed by atoms with E-state index in [0.717, 1.165) is 4.90 Å². The zero-order valence-corrected chi connectivity index (χ0v) is 7.97. The van der Waals surface area contributed by atoms with Gasteiger partial charge in [-0.15, -0.1) is 12.6 Å². The lowest BCUT2D eigenvalue weighted by Crippen LogP contribution is -1.99. The Hall–Kier alpha value is -1.22. The predicted octanol–water partition coefficient (Wildman–Crippen LogP) is 2.39. The Morgan fingerprint density at radius 3 is 2.85 bits per heavy atom. The van der Waals surface area contributed by atoms with Crippen molar-refractivity contribution >= 4 is 23.6 Å². The highest BCUT2D eigenvalue weighted by Gasteiger charge is 2.01. The van der Waals surface area contributed by atoms with E-state index >= 15 is 0 Å². The van der Waals surface area contributed by atoms with E-state index < -0.39 is 0 Å². The first-order valence-electron chi connectivity index (χ1n) is 3.90. The molecule has 0 radical (unpaired) electrons. The molecule has 0 saturated carbocycles. The lowest BCUT2D eigenvalue weighted by atomic mass is 10.2. The minimum Gasteiger partial charge on any atom is -0.461 e. The Morgan fingerprint density at radius 2 is 2.08 bits per heavy atom. The summed E-state index contributed by atoms with van der Waals surface area (Å²) in [6, 6.07) is 6.73. The van der Waals surface area contributed by atoms with Crippen LogP contribution in [0, 0.1) is 6.92 Å². The van der Waals surface area contributed by atoms with Crippen LogP contribution in [-0.2, 0) is 0 Å². The van der Waals surface area contributed by atoms with E-state index in [4.69, 9.17) is 4.42 Å². The molecule has 2 aromatic rings. The van der Waals surface area contributed by atoms with Crippen LogP contribution in [0.5, 0.6) is 0 Å². The average Bonchev–Trinajstić information content (AvgIpc) is 2.02. The molecular formula is C10H8O2S. The normalized spacial score (nSPS) is 10.6. The lowest BCUT2D eigenvalue weighted by Gasteiger charge is -1.98. The molecule has 1 aromatic heterocycles. The first-order valence-corrected chi connectivity index (χ1v) is 4.35. The maximum absolute atomic E-state index is 11.4. The van der Waals surface area contributed by atoms with Crippen LogP contribution in [0.3, 0.4) is 0 Å². The van der Waals surface area contributed by atoms with E-state index in [1.165, 1.54) is 6.07 Å². The maximum atomic E-state index is 11.4. The fourth-order valence-electron chi connectivity index (χ4n) is 1.26. The summed E-state index contributed by atoms with van der Waals surface area (Å²) >= 11 is 4.17. The van der Waals surface area contributed by atoms with Crippen molar-refractivity contribution < 1.29 is 4.42 Å². The minimum atomic E-state index is -0.00733. The Balaban J connectivity index is 2.95. The third-order valence-electron chi connectivity index (χ3n) is 1.84. The molecule has 0 aliphatic heterocycles. The smallest absolute Gasteiger partial charge is 0.192 e. The maximum Gasteiger partial charge on any atom is 0.192 e. The minimum absolute atomic E-state index is 0.00733. The number of rotatable bonds is 0. The van der Waals surface area contributed by atoms with Crippen molar-refractivity contribution in [2.24, 2.45) is 0 Å². The number of hydrogen-bond donors (Lipinski definition) is 1. The molecule has 0 aliphatic carbocycles. The second kappa shape index (κ2) is 2.92. The molecule has 2 nitrogen and oxygen atoms in total. The van der Waals surface area contributed by atoms with E-state index in [9.17, 15) is 4.79 Å². The Kier molecular flexibility index (Phi) is 1.88. The van der Waals surface area contributed by atoms with Crippen molar-refractivity contribution in [1.82, 2.24) is 0 Å². The van der Waals surface area contributed by atoms with E-state index in [1.807, 2.05) is 0 Å². The van der Waals surface area contributed by atoms with Gasteiger partial charge in [-0.05, 0) is 25.1 Å². The zero-order chi connectivity index (χ0) is 9.42. The van der Waals surface area contributed by atoms with Gasteiger partial charge in [-0.2, -0.15) is 0 Å². The lowest BCUT2D eigenvalue weighted by molar-refractivity contribution is 0.564. The summed E-state index contributed by atoms with van der Waals surface area (Å²) in [5, 5.41) is 0.600. The van der Waals surface area contributed by atoms with E-state index in [2.05, 4.69) is 12.6 Å². The Labute approximate surface area is 80.6 Å². The second-order valence-corrected chi connectivity index (χ2v) is 3.42. The summed E-state index contributed by atoms with van der Waals surface area (Å²) in [6.07, 6.45) is 0. The van der Waals surface area contributed by atoms with Crippen LogP contribution in [0.1, 0.15) is 5.76 Å². The highest BCUT2D eigenvalue weighted by molar-refractivity contribution is 7.80. The summed E-state index contributed by atoms with van der Waals surface area (Å²) in [5.41, 5.74) is 0.588. The van der Waals surface area contributed by atoms with Gasteiger partial charge >= 0.3 is 0 Å². The van der Waals surface area contributed by atoms with Crippen molar-refractivity contribution in [3.05, 3.63) is 40.2 Å². The van der Waals surface area contributed by atoms with Crippen LogP contribution in [0.4, 0.5) is 0 Å². The van der Waals surface area contributed by atoms with Crippen LogP contribution in [0.2, 0.25) is 0 Å². The first-order chi connectivity index (χ1) is 6.16. The molecule has 0 amide bonds. The molecule has 13 heavy (non-hydrogen) atoms. The van der Waals surface area contributed by atoms with Crippen LogP contribution in [-0.4, -0.2) is 0 Å². The van der Waals surface area contributed by atoms with Gasteiger partial charge in [0.05, 0.1) is 5.39 Å². The highest BCUT2D eigenvalue weighted by Crippen LogP contribution is 2.16. The molecule has 1 aromatic carbocycles. The fraction of sp³-hybridized carbons (Fsp3) is 0.100. The van der Waals surface area contributed by atoms with E-state index in [1.54, 1.807) is 25.1 Å². The molecule has 3 heteroatoms. The second-order valence-electron chi connectivity index (χ2n) is 2.90. The van der Waals surface area contributed by atoms with Crippen molar-refractivity contribution in [3.63, 3.8) is 0 Å². The van der Waals surface area contributed by atoms with Crippen molar-refractivity contribution in [2.75, 3.05) is 0 Å². The van der Waals surface area contributed by atoms with Gasteiger partial charge in [0.25, 0.3) is 0 Å².